The average molecular weight is 275 g/mol. The Labute approximate surface area is 118 Å². The van der Waals surface area contributed by atoms with E-state index in [1.807, 2.05) is 6.07 Å². The van der Waals surface area contributed by atoms with Crippen LogP contribution < -0.4 is 5.32 Å². The van der Waals surface area contributed by atoms with E-state index in [4.69, 9.17) is 10.00 Å². The summed E-state index contributed by atoms with van der Waals surface area (Å²) in [4.78, 5) is 2.42. The Bertz CT molecular complexity index is 555. The zero-order valence-corrected chi connectivity index (χ0v) is 11.5. The number of nitriles is 1. The fourth-order valence-corrected chi connectivity index (χ4v) is 3.07. The molecule has 0 bridgehead atoms. The second-order valence-corrected chi connectivity index (χ2v) is 5.42. The summed E-state index contributed by atoms with van der Waals surface area (Å²) in [6, 6.07) is 5.49. The molecule has 2 fully saturated rings. The Hall–Kier alpha value is -1.48. The zero-order valence-electron chi connectivity index (χ0n) is 11.5. The van der Waals surface area contributed by atoms with Gasteiger partial charge < -0.3 is 10.1 Å². The quantitative estimate of drug-likeness (QED) is 0.840. The smallest absolute Gasteiger partial charge is 0.141 e. The maximum Gasteiger partial charge on any atom is 0.141 e. The van der Waals surface area contributed by atoms with Crippen LogP contribution in [-0.4, -0.2) is 43.7 Å². The lowest BCUT2D eigenvalue weighted by Crippen LogP contribution is -2.57. The Morgan fingerprint density at radius 1 is 1.50 bits per heavy atom. The number of benzene rings is 1. The van der Waals surface area contributed by atoms with Crippen LogP contribution in [0.15, 0.2) is 12.1 Å². The third-order valence-corrected chi connectivity index (χ3v) is 4.28. The van der Waals surface area contributed by atoms with Crippen LogP contribution >= 0.6 is 0 Å². The van der Waals surface area contributed by atoms with Crippen LogP contribution in [0.1, 0.15) is 22.8 Å². The largest absolute Gasteiger partial charge is 0.370 e. The van der Waals surface area contributed by atoms with Crippen molar-refractivity contribution in [3.8, 4) is 6.07 Å². The topological polar surface area (TPSA) is 48.3 Å². The van der Waals surface area contributed by atoms with Crippen molar-refractivity contribution in [2.75, 3.05) is 32.8 Å². The zero-order chi connectivity index (χ0) is 14.1. The minimum absolute atomic E-state index is 0.0722. The summed E-state index contributed by atoms with van der Waals surface area (Å²) in [6.45, 7) is 6.24. The number of morpholine rings is 1. The molecular weight excluding hydrogens is 257 g/mol. The van der Waals surface area contributed by atoms with Crippen LogP contribution in [0.5, 0.6) is 0 Å². The van der Waals surface area contributed by atoms with Crippen molar-refractivity contribution >= 4 is 0 Å². The van der Waals surface area contributed by atoms with Crippen molar-refractivity contribution in [1.29, 1.82) is 5.26 Å². The molecule has 4 nitrogen and oxygen atoms in total. The minimum Gasteiger partial charge on any atom is -0.370 e. The van der Waals surface area contributed by atoms with Gasteiger partial charge in [0.05, 0.1) is 18.3 Å². The van der Waals surface area contributed by atoms with Gasteiger partial charge in [0.1, 0.15) is 11.9 Å². The molecule has 3 rings (SSSR count). The van der Waals surface area contributed by atoms with Gasteiger partial charge in [0, 0.05) is 32.2 Å². The van der Waals surface area contributed by atoms with Crippen LogP contribution in [0.4, 0.5) is 4.39 Å². The molecule has 106 valence electrons. The summed E-state index contributed by atoms with van der Waals surface area (Å²) in [7, 11) is 0. The van der Waals surface area contributed by atoms with E-state index >= 15 is 0 Å². The summed E-state index contributed by atoms with van der Waals surface area (Å²) in [6.07, 6.45) is -0.0722. The first kappa shape index (κ1) is 13.5. The lowest BCUT2D eigenvalue weighted by Gasteiger charge is -2.43. The van der Waals surface area contributed by atoms with Crippen molar-refractivity contribution in [1.82, 2.24) is 10.2 Å². The maximum absolute atomic E-state index is 13.6. The van der Waals surface area contributed by atoms with Gasteiger partial charge in [0.25, 0.3) is 0 Å². The molecular formula is C15H18FN3O. The Morgan fingerprint density at radius 3 is 3.15 bits per heavy atom. The van der Waals surface area contributed by atoms with Gasteiger partial charge in [0.15, 0.2) is 0 Å². The van der Waals surface area contributed by atoms with Crippen LogP contribution in [-0.2, 0) is 4.74 Å². The minimum atomic E-state index is -0.454. The number of nitrogens with zero attached hydrogens (tertiary/aromatic N) is 2. The highest BCUT2D eigenvalue weighted by Crippen LogP contribution is 2.29. The molecule has 2 heterocycles. The molecule has 1 N–H and O–H groups in total. The second-order valence-electron chi connectivity index (χ2n) is 5.42. The molecule has 1 aromatic carbocycles. The van der Waals surface area contributed by atoms with Crippen LogP contribution in [0, 0.1) is 24.1 Å². The molecule has 1 aromatic rings. The molecule has 5 heteroatoms. The highest BCUT2D eigenvalue weighted by Gasteiger charge is 2.32. The van der Waals surface area contributed by atoms with E-state index in [0.717, 1.165) is 31.7 Å². The first-order chi connectivity index (χ1) is 9.70. The lowest BCUT2D eigenvalue weighted by molar-refractivity contribution is -0.0720. The standard InChI is InChI=1S/C15H18FN3O/c1-10-12(2-3-14(16)13(10)6-17)15-8-19-5-4-18-7-11(19)9-20-15/h2-3,11,15,18H,4-5,7-9H2,1H3/t11-,15+/m0/s1. The fraction of sp³-hybridized carbons (Fsp3) is 0.533. The highest BCUT2D eigenvalue weighted by molar-refractivity contribution is 5.44. The predicted molar refractivity (Wildman–Crippen MR) is 72.8 cm³/mol. The molecule has 0 amide bonds. The van der Waals surface area contributed by atoms with Crippen molar-refractivity contribution < 1.29 is 9.13 Å². The summed E-state index contributed by atoms with van der Waals surface area (Å²) in [5.74, 6) is -0.454. The maximum atomic E-state index is 13.6. The first-order valence-corrected chi connectivity index (χ1v) is 6.96. The monoisotopic (exact) mass is 275 g/mol. The van der Waals surface area contributed by atoms with Gasteiger partial charge in [-0.25, -0.2) is 4.39 Å². The SMILES string of the molecule is Cc1c([C@H]2CN3CCNC[C@H]3CO2)ccc(F)c1C#N. The first-order valence-electron chi connectivity index (χ1n) is 6.96. The third-order valence-electron chi connectivity index (χ3n) is 4.28. The number of halogens is 1. The second kappa shape index (κ2) is 5.49. The Kier molecular flexibility index (Phi) is 3.70. The van der Waals surface area contributed by atoms with Crippen molar-refractivity contribution in [2.24, 2.45) is 0 Å². The van der Waals surface area contributed by atoms with Crippen molar-refractivity contribution in [3.05, 3.63) is 34.6 Å². The number of ether oxygens (including phenoxy) is 1. The van der Waals surface area contributed by atoms with Gasteiger partial charge in [-0.1, -0.05) is 6.07 Å². The van der Waals surface area contributed by atoms with Crippen molar-refractivity contribution in [2.45, 2.75) is 19.1 Å². The van der Waals surface area contributed by atoms with Gasteiger partial charge in [0.2, 0.25) is 0 Å². The van der Waals surface area contributed by atoms with Gasteiger partial charge in [-0.2, -0.15) is 5.26 Å². The van der Waals surface area contributed by atoms with Gasteiger partial charge in [-0.15, -0.1) is 0 Å². The lowest BCUT2D eigenvalue weighted by atomic mass is 9.96. The van der Waals surface area contributed by atoms with Crippen molar-refractivity contribution in [3.63, 3.8) is 0 Å². The van der Waals surface area contributed by atoms with Crippen LogP contribution in [0.25, 0.3) is 0 Å². The predicted octanol–water partition coefficient (Wildman–Crippen LogP) is 1.35. The summed E-state index contributed by atoms with van der Waals surface area (Å²) < 4.78 is 19.5. The molecule has 0 aliphatic carbocycles. The fourth-order valence-electron chi connectivity index (χ4n) is 3.07. The molecule has 0 radical (unpaired) electrons. The van der Waals surface area contributed by atoms with E-state index in [0.29, 0.717) is 18.2 Å². The molecule has 0 spiro atoms. The summed E-state index contributed by atoms with van der Waals surface area (Å²) in [5, 5.41) is 12.4. The highest BCUT2D eigenvalue weighted by atomic mass is 19.1. The van der Waals surface area contributed by atoms with Crippen LogP contribution in [0.2, 0.25) is 0 Å². The van der Waals surface area contributed by atoms with Crippen LogP contribution in [0.3, 0.4) is 0 Å². The van der Waals surface area contributed by atoms with E-state index in [9.17, 15) is 4.39 Å². The molecule has 0 unspecified atom stereocenters. The molecule has 2 aliphatic heterocycles. The molecule has 0 saturated carbocycles. The summed E-state index contributed by atoms with van der Waals surface area (Å²) in [5.41, 5.74) is 1.76. The van der Waals surface area contributed by atoms with Gasteiger partial charge in [-0.05, 0) is 24.1 Å². The molecule has 0 aromatic heterocycles. The number of nitrogens with one attached hydrogen (secondary N) is 1. The van der Waals surface area contributed by atoms with E-state index in [1.165, 1.54) is 6.07 Å². The normalized spacial score (nSPS) is 26.9. The number of fused-ring (bicyclic) bond motifs is 1. The summed E-state index contributed by atoms with van der Waals surface area (Å²) >= 11 is 0. The average Bonchev–Trinajstić information content (AvgIpc) is 2.47. The third kappa shape index (κ3) is 2.31. The molecule has 2 aliphatic rings. The molecule has 2 saturated heterocycles. The number of piperazine rings is 1. The van der Waals surface area contributed by atoms with E-state index in [-0.39, 0.29) is 11.7 Å². The van der Waals surface area contributed by atoms with Gasteiger partial charge >= 0.3 is 0 Å². The Balaban J connectivity index is 1.85. The number of hydrogen-bond acceptors (Lipinski definition) is 4. The van der Waals surface area contributed by atoms with E-state index in [2.05, 4.69) is 10.2 Å². The van der Waals surface area contributed by atoms with E-state index < -0.39 is 5.82 Å². The van der Waals surface area contributed by atoms with Gasteiger partial charge in [-0.3, -0.25) is 4.90 Å². The molecule has 2 atom stereocenters. The Morgan fingerprint density at radius 2 is 2.35 bits per heavy atom. The number of rotatable bonds is 1. The molecule has 20 heavy (non-hydrogen) atoms. The number of hydrogen-bond donors (Lipinski definition) is 1. The van der Waals surface area contributed by atoms with E-state index in [1.54, 1.807) is 13.0 Å².